The van der Waals surface area contributed by atoms with Crippen molar-refractivity contribution >= 4 is 21.8 Å². The predicted octanol–water partition coefficient (Wildman–Crippen LogP) is 3.46. The molecule has 3 nitrogen and oxygen atoms in total. The van der Waals surface area contributed by atoms with Gasteiger partial charge < -0.3 is 9.73 Å². The molecule has 0 saturated carbocycles. The van der Waals surface area contributed by atoms with Gasteiger partial charge in [0.1, 0.15) is 0 Å². The maximum Gasteiger partial charge on any atom is 0.287 e. The zero-order valence-electron chi connectivity index (χ0n) is 10.4. The van der Waals surface area contributed by atoms with E-state index in [9.17, 15) is 4.79 Å². The molecule has 0 aliphatic heterocycles. The minimum absolute atomic E-state index is 0.189. The average Bonchev–Trinajstić information content (AvgIpc) is 3.03. The lowest BCUT2D eigenvalue weighted by Crippen LogP contribution is -2.22. The summed E-state index contributed by atoms with van der Waals surface area (Å²) in [6, 6.07) is 9.82. The average molecular weight is 320 g/mol. The van der Waals surface area contributed by atoms with E-state index in [4.69, 9.17) is 4.42 Å². The Bertz CT molecular complexity index is 618. The summed E-state index contributed by atoms with van der Waals surface area (Å²) in [7, 11) is 0. The number of carbonyl (C=O) groups is 1. The Kier molecular flexibility index (Phi) is 3.42. The van der Waals surface area contributed by atoms with E-state index in [2.05, 4.69) is 39.4 Å². The normalized spacial score (nSPS) is 13.3. The molecular formula is C15H14BrNO2. The van der Waals surface area contributed by atoms with Gasteiger partial charge >= 0.3 is 0 Å². The Morgan fingerprint density at radius 2 is 2.05 bits per heavy atom. The summed E-state index contributed by atoms with van der Waals surface area (Å²) in [6.45, 7) is 0.532. The van der Waals surface area contributed by atoms with Gasteiger partial charge in [0.05, 0.1) is 0 Å². The van der Waals surface area contributed by atoms with E-state index < -0.39 is 0 Å². The third kappa shape index (κ3) is 2.73. The zero-order valence-corrected chi connectivity index (χ0v) is 12.0. The number of rotatable bonds is 3. The number of carbonyl (C=O) groups excluding carboxylic acids is 1. The minimum Gasteiger partial charge on any atom is -0.444 e. The highest BCUT2D eigenvalue weighted by Gasteiger charge is 2.12. The number of amides is 1. The first kappa shape index (κ1) is 12.5. The third-order valence-electron chi connectivity index (χ3n) is 3.41. The Morgan fingerprint density at radius 1 is 1.21 bits per heavy atom. The molecule has 1 aromatic heterocycles. The van der Waals surface area contributed by atoms with Gasteiger partial charge in [-0.25, -0.2) is 0 Å². The minimum atomic E-state index is -0.189. The maximum absolute atomic E-state index is 11.8. The fourth-order valence-electron chi connectivity index (χ4n) is 2.44. The fourth-order valence-corrected chi connectivity index (χ4v) is 2.75. The van der Waals surface area contributed by atoms with Crippen molar-refractivity contribution < 1.29 is 9.21 Å². The maximum atomic E-state index is 11.8. The summed E-state index contributed by atoms with van der Waals surface area (Å²) in [6.07, 6.45) is 3.58. The van der Waals surface area contributed by atoms with Gasteiger partial charge in [0.15, 0.2) is 10.4 Å². The van der Waals surface area contributed by atoms with E-state index in [1.165, 1.54) is 24.0 Å². The highest BCUT2D eigenvalue weighted by Crippen LogP contribution is 2.22. The summed E-state index contributed by atoms with van der Waals surface area (Å²) in [5, 5.41) is 2.87. The monoisotopic (exact) mass is 319 g/mol. The molecule has 0 spiro atoms. The van der Waals surface area contributed by atoms with Gasteiger partial charge in [-0.3, -0.25) is 4.79 Å². The first-order valence-corrected chi connectivity index (χ1v) is 7.16. The second-order valence-corrected chi connectivity index (χ2v) is 5.52. The first-order chi connectivity index (χ1) is 9.22. The second kappa shape index (κ2) is 5.21. The van der Waals surface area contributed by atoms with Crippen LogP contribution < -0.4 is 5.32 Å². The molecule has 1 aliphatic rings. The van der Waals surface area contributed by atoms with Crippen molar-refractivity contribution in [3.05, 3.63) is 57.5 Å². The highest BCUT2D eigenvalue weighted by molar-refractivity contribution is 9.10. The summed E-state index contributed by atoms with van der Waals surface area (Å²) in [5.41, 5.74) is 4.01. The number of furan rings is 1. The SMILES string of the molecule is O=C(NCc1ccc2c(c1)CCC2)c1ccc(Br)o1. The van der Waals surface area contributed by atoms with E-state index in [1.807, 2.05) is 0 Å². The third-order valence-corrected chi connectivity index (χ3v) is 3.84. The van der Waals surface area contributed by atoms with Crippen molar-refractivity contribution in [3.63, 3.8) is 0 Å². The summed E-state index contributed by atoms with van der Waals surface area (Å²) < 4.78 is 5.78. The quantitative estimate of drug-likeness (QED) is 0.941. The molecule has 3 rings (SSSR count). The van der Waals surface area contributed by atoms with Crippen LogP contribution in [-0.4, -0.2) is 5.91 Å². The van der Waals surface area contributed by atoms with Gasteiger partial charge in [-0.05, 0) is 64.0 Å². The molecule has 1 N–H and O–H groups in total. The molecule has 0 atom stereocenters. The summed E-state index contributed by atoms with van der Waals surface area (Å²) in [5.74, 6) is 0.138. The van der Waals surface area contributed by atoms with Crippen LogP contribution in [0.4, 0.5) is 0 Å². The van der Waals surface area contributed by atoms with Crippen molar-refractivity contribution in [1.29, 1.82) is 0 Å². The molecule has 0 fully saturated rings. The van der Waals surface area contributed by atoms with E-state index >= 15 is 0 Å². The van der Waals surface area contributed by atoms with E-state index in [1.54, 1.807) is 12.1 Å². The largest absolute Gasteiger partial charge is 0.444 e. The number of nitrogens with one attached hydrogen (secondary N) is 1. The van der Waals surface area contributed by atoms with Crippen molar-refractivity contribution in [2.45, 2.75) is 25.8 Å². The van der Waals surface area contributed by atoms with Gasteiger partial charge in [0.25, 0.3) is 5.91 Å². The topological polar surface area (TPSA) is 42.2 Å². The molecule has 0 radical (unpaired) electrons. The van der Waals surface area contributed by atoms with Gasteiger partial charge in [0, 0.05) is 6.54 Å². The Hall–Kier alpha value is -1.55. The number of fused-ring (bicyclic) bond motifs is 1. The van der Waals surface area contributed by atoms with Crippen LogP contribution in [0.3, 0.4) is 0 Å². The number of aryl methyl sites for hydroxylation is 2. The van der Waals surface area contributed by atoms with E-state index in [0.717, 1.165) is 12.0 Å². The summed E-state index contributed by atoms with van der Waals surface area (Å²) >= 11 is 3.18. The molecule has 0 unspecified atom stereocenters. The van der Waals surface area contributed by atoms with Gasteiger partial charge in [-0.1, -0.05) is 18.2 Å². The molecular weight excluding hydrogens is 306 g/mol. The Balaban J connectivity index is 1.64. The lowest BCUT2D eigenvalue weighted by Gasteiger charge is -2.06. The molecule has 0 saturated heterocycles. The van der Waals surface area contributed by atoms with Crippen LogP contribution in [0.1, 0.15) is 33.7 Å². The van der Waals surface area contributed by atoms with Crippen LogP contribution in [0.15, 0.2) is 39.4 Å². The van der Waals surface area contributed by atoms with E-state index in [0.29, 0.717) is 17.0 Å². The van der Waals surface area contributed by atoms with Gasteiger partial charge in [-0.15, -0.1) is 0 Å². The molecule has 1 aromatic carbocycles. The van der Waals surface area contributed by atoms with Crippen LogP contribution in [-0.2, 0) is 19.4 Å². The Morgan fingerprint density at radius 3 is 2.84 bits per heavy atom. The first-order valence-electron chi connectivity index (χ1n) is 6.36. The van der Waals surface area contributed by atoms with E-state index in [-0.39, 0.29) is 5.91 Å². The van der Waals surface area contributed by atoms with Crippen molar-refractivity contribution in [3.8, 4) is 0 Å². The van der Waals surface area contributed by atoms with Gasteiger partial charge in [0.2, 0.25) is 0 Å². The lowest BCUT2D eigenvalue weighted by atomic mass is 10.1. The number of benzene rings is 1. The van der Waals surface area contributed by atoms with Crippen LogP contribution in [0.5, 0.6) is 0 Å². The van der Waals surface area contributed by atoms with Crippen molar-refractivity contribution in [2.24, 2.45) is 0 Å². The lowest BCUT2D eigenvalue weighted by molar-refractivity contribution is 0.0922. The predicted molar refractivity (Wildman–Crippen MR) is 76.0 cm³/mol. The molecule has 98 valence electrons. The molecule has 0 bridgehead atoms. The molecule has 19 heavy (non-hydrogen) atoms. The second-order valence-electron chi connectivity index (χ2n) is 4.74. The molecule has 1 amide bonds. The van der Waals surface area contributed by atoms with Crippen LogP contribution in [0, 0.1) is 0 Å². The Labute approximate surface area is 120 Å². The van der Waals surface area contributed by atoms with Crippen LogP contribution in [0.25, 0.3) is 0 Å². The molecule has 4 heteroatoms. The molecule has 1 heterocycles. The zero-order chi connectivity index (χ0) is 13.2. The highest BCUT2D eigenvalue weighted by atomic mass is 79.9. The van der Waals surface area contributed by atoms with Crippen LogP contribution in [0.2, 0.25) is 0 Å². The van der Waals surface area contributed by atoms with Crippen molar-refractivity contribution in [1.82, 2.24) is 5.32 Å². The fraction of sp³-hybridized carbons (Fsp3) is 0.267. The smallest absolute Gasteiger partial charge is 0.287 e. The number of halogens is 1. The standard InChI is InChI=1S/C15H14BrNO2/c16-14-7-6-13(19-14)15(18)17-9-10-4-5-11-2-1-3-12(11)8-10/h4-8H,1-3,9H2,(H,17,18). The van der Waals surface area contributed by atoms with Crippen molar-refractivity contribution in [2.75, 3.05) is 0 Å². The van der Waals surface area contributed by atoms with Gasteiger partial charge in [-0.2, -0.15) is 0 Å². The molecule has 2 aromatic rings. The number of hydrogen-bond donors (Lipinski definition) is 1. The summed E-state index contributed by atoms with van der Waals surface area (Å²) in [4.78, 5) is 11.8. The molecule has 1 aliphatic carbocycles. The van der Waals surface area contributed by atoms with Crippen LogP contribution >= 0.6 is 15.9 Å². The number of hydrogen-bond acceptors (Lipinski definition) is 2.